The Kier molecular flexibility index (Phi) is 6.23. The van der Waals surface area contributed by atoms with Crippen LogP contribution in [0.2, 0.25) is 0 Å². The van der Waals surface area contributed by atoms with Crippen LogP contribution >= 0.6 is 15.9 Å². The molecule has 3 nitrogen and oxygen atoms in total. The third-order valence-electron chi connectivity index (χ3n) is 5.53. The number of hydrogen-bond donors (Lipinski definition) is 1. The van der Waals surface area contributed by atoms with Crippen LogP contribution in [0.25, 0.3) is 11.1 Å². The van der Waals surface area contributed by atoms with Gasteiger partial charge in [0, 0.05) is 15.6 Å². The Morgan fingerprint density at radius 1 is 1.06 bits per heavy atom. The Bertz CT molecular complexity index is 1180. The van der Waals surface area contributed by atoms with Gasteiger partial charge in [0.15, 0.2) is 0 Å². The zero-order valence-corrected chi connectivity index (χ0v) is 18.7. The van der Waals surface area contributed by atoms with Crippen LogP contribution in [-0.2, 0) is 6.61 Å². The number of rotatable bonds is 6. The fourth-order valence-corrected chi connectivity index (χ4v) is 4.35. The zero-order valence-electron chi connectivity index (χ0n) is 17.1. The van der Waals surface area contributed by atoms with E-state index in [-0.39, 0.29) is 18.0 Å². The number of allylic oxidation sites excluding steroid dienone is 2. The number of aryl methyl sites for hydroxylation is 1. The standard InChI is InChI=1S/C26H22BrFO3/c1-16-8-9-19(24(28)12-16)15-31-25-11-10-20(27)14-23(25)22-7-3-6-21(22)17-4-2-5-18(13-17)26(29)30/h2,4-5,8-14H,3,6-7,15H2,1H3,(H,29,30). The van der Waals surface area contributed by atoms with Crippen LogP contribution in [0.5, 0.6) is 5.75 Å². The van der Waals surface area contributed by atoms with Crippen LogP contribution in [-0.4, -0.2) is 11.1 Å². The van der Waals surface area contributed by atoms with Gasteiger partial charge in [0.2, 0.25) is 0 Å². The maximum atomic E-state index is 14.3. The molecule has 3 aromatic rings. The molecule has 5 heteroatoms. The van der Waals surface area contributed by atoms with Crippen LogP contribution in [0.4, 0.5) is 4.39 Å². The lowest BCUT2D eigenvalue weighted by molar-refractivity contribution is 0.0697. The van der Waals surface area contributed by atoms with E-state index in [1.165, 1.54) is 6.07 Å². The third-order valence-corrected chi connectivity index (χ3v) is 6.03. The number of hydrogen-bond acceptors (Lipinski definition) is 2. The van der Waals surface area contributed by atoms with Crippen LogP contribution in [0.1, 0.15) is 51.9 Å². The smallest absolute Gasteiger partial charge is 0.335 e. The fourth-order valence-electron chi connectivity index (χ4n) is 3.99. The van der Waals surface area contributed by atoms with Gasteiger partial charge in [-0.1, -0.05) is 40.2 Å². The van der Waals surface area contributed by atoms with E-state index in [9.17, 15) is 14.3 Å². The summed E-state index contributed by atoms with van der Waals surface area (Å²) in [4.78, 5) is 11.4. The fraction of sp³-hybridized carbons (Fsp3) is 0.192. The Balaban J connectivity index is 1.71. The molecule has 0 saturated heterocycles. The van der Waals surface area contributed by atoms with Gasteiger partial charge in [-0.15, -0.1) is 0 Å². The van der Waals surface area contributed by atoms with Crippen molar-refractivity contribution in [2.45, 2.75) is 32.8 Å². The van der Waals surface area contributed by atoms with E-state index in [1.807, 2.05) is 37.3 Å². The molecule has 0 saturated carbocycles. The first kappa shape index (κ1) is 21.3. The molecule has 3 aromatic carbocycles. The lowest BCUT2D eigenvalue weighted by atomic mass is 9.95. The van der Waals surface area contributed by atoms with Crippen molar-refractivity contribution >= 4 is 33.0 Å². The quantitative estimate of drug-likeness (QED) is 0.403. The number of halogens is 2. The maximum Gasteiger partial charge on any atom is 0.335 e. The summed E-state index contributed by atoms with van der Waals surface area (Å²) in [6.07, 6.45) is 2.73. The van der Waals surface area contributed by atoms with E-state index in [1.54, 1.807) is 24.3 Å². The second-order valence-electron chi connectivity index (χ2n) is 7.72. The minimum Gasteiger partial charge on any atom is -0.488 e. The maximum absolute atomic E-state index is 14.3. The van der Waals surface area contributed by atoms with Gasteiger partial charge in [-0.3, -0.25) is 0 Å². The zero-order chi connectivity index (χ0) is 22.0. The number of aromatic carboxylic acids is 1. The highest BCUT2D eigenvalue weighted by molar-refractivity contribution is 9.10. The predicted octanol–water partition coefficient (Wildman–Crippen LogP) is 7.27. The van der Waals surface area contributed by atoms with Crippen molar-refractivity contribution in [3.05, 3.63) is 98.8 Å². The Hall–Kier alpha value is -2.92. The first-order valence-corrected chi connectivity index (χ1v) is 10.9. The van der Waals surface area contributed by atoms with Crippen molar-refractivity contribution in [2.75, 3.05) is 0 Å². The van der Waals surface area contributed by atoms with E-state index >= 15 is 0 Å². The number of carboxylic acid groups (broad SMARTS) is 1. The summed E-state index contributed by atoms with van der Waals surface area (Å²) in [6.45, 7) is 1.99. The van der Waals surface area contributed by atoms with Crippen LogP contribution in [0.3, 0.4) is 0 Å². The Morgan fingerprint density at radius 2 is 1.87 bits per heavy atom. The Labute approximate surface area is 189 Å². The van der Waals surface area contributed by atoms with Crippen molar-refractivity contribution < 1.29 is 19.0 Å². The normalized spacial score (nSPS) is 13.5. The lowest BCUT2D eigenvalue weighted by Gasteiger charge is -2.16. The molecule has 0 fully saturated rings. The average molecular weight is 481 g/mol. The van der Waals surface area contributed by atoms with Crippen molar-refractivity contribution in [3.63, 3.8) is 0 Å². The van der Waals surface area contributed by atoms with E-state index < -0.39 is 5.97 Å². The molecular formula is C26H22BrFO3. The first-order chi connectivity index (χ1) is 14.9. The minimum absolute atomic E-state index is 0.137. The summed E-state index contributed by atoms with van der Waals surface area (Å²) in [5.74, 6) is -0.523. The van der Waals surface area contributed by atoms with Crippen molar-refractivity contribution in [3.8, 4) is 5.75 Å². The highest BCUT2D eigenvalue weighted by atomic mass is 79.9. The van der Waals surface area contributed by atoms with Gasteiger partial charge in [0.25, 0.3) is 0 Å². The van der Waals surface area contributed by atoms with Gasteiger partial charge < -0.3 is 9.84 Å². The van der Waals surface area contributed by atoms with Crippen molar-refractivity contribution in [2.24, 2.45) is 0 Å². The molecule has 1 aliphatic carbocycles. The average Bonchev–Trinajstić information content (AvgIpc) is 3.23. The van der Waals surface area contributed by atoms with E-state index in [2.05, 4.69) is 15.9 Å². The minimum atomic E-state index is -0.936. The molecule has 0 atom stereocenters. The summed E-state index contributed by atoms with van der Waals surface area (Å²) in [6, 6.07) is 18.0. The molecule has 158 valence electrons. The molecule has 0 spiro atoms. The lowest BCUT2D eigenvalue weighted by Crippen LogP contribution is -2.01. The SMILES string of the molecule is Cc1ccc(COc2ccc(Br)cc2C2=C(c3cccc(C(=O)O)c3)CCC2)c(F)c1. The Morgan fingerprint density at radius 3 is 2.65 bits per heavy atom. The molecule has 0 aromatic heterocycles. The van der Waals surface area contributed by atoms with Crippen LogP contribution in [0.15, 0.2) is 65.1 Å². The van der Waals surface area contributed by atoms with Crippen LogP contribution in [0, 0.1) is 12.7 Å². The van der Waals surface area contributed by atoms with E-state index in [0.29, 0.717) is 11.3 Å². The molecule has 0 radical (unpaired) electrons. The molecule has 0 amide bonds. The van der Waals surface area contributed by atoms with Crippen LogP contribution < -0.4 is 4.74 Å². The number of carboxylic acids is 1. The molecule has 0 heterocycles. The van der Waals surface area contributed by atoms with Gasteiger partial charge in [-0.2, -0.15) is 0 Å². The van der Waals surface area contributed by atoms with Crippen molar-refractivity contribution in [1.29, 1.82) is 0 Å². The molecule has 0 bridgehead atoms. The number of benzene rings is 3. The monoisotopic (exact) mass is 480 g/mol. The topological polar surface area (TPSA) is 46.5 Å². The molecule has 0 unspecified atom stereocenters. The largest absolute Gasteiger partial charge is 0.488 e. The summed E-state index contributed by atoms with van der Waals surface area (Å²) in [5.41, 5.74) is 5.80. The third kappa shape index (κ3) is 4.72. The van der Waals surface area contributed by atoms with Crippen molar-refractivity contribution in [1.82, 2.24) is 0 Å². The predicted molar refractivity (Wildman–Crippen MR) is 124 cm³/mol. The second-order valence-corrected chi connectivity index (χ2v) is 8.64. The molecular weight excluding hydrogens is 459 g/mol. The van der Waals surface area contributed by atoms with Gasteiger partial charge in [-0.25, -0.2) is 9.18 Å². The molecule has 0 aliphatic heterocycles. The summed E-state index contributed by atoms with van der Waals surface area (Å²) in [5, 5.41) is 9.36. The van der Waals surface area contributed by atoms with E-state index in [4.69, 9.17) is 4.74 Å². The molecule has 31 heavy (non-hydrogen) atoms. The second kappa shape index (κ2) is 9.06. The van der Waals surface area contributed by atoms with Gasteiger partial charge in [0.1, 0.15) is 18.2 Å². The molecule has 1 N–H and O–H groups in total. The highest BCUT2D eigenvalue weighted by Crippen LogP contribution is 2.43. The number of carbonyl (C=O) groups is 1. The molecule has 4 rings (SSSR count). The molecule has 1 aliphatic rings. The summed E-state index contributed by atoms with van der Waals surface area (Å²) >= 11 is 3.55. The highest BCUT2D eigenvalue weighted by Gasteiger charge is 2.22. The number of ether oxygens (including phenoxy) is 1. The first-order valence-electron chi connectivity index (χ1n) is 10.2. The van der Waals surface area contributed by atoms with Gasteiger partial charge in [-0.05, 0) is 84.9 Å². The summed E-state index contributed by atoms with van der Waals surface area (Å²) < 4.78 is 21.3. The summed E-state index contributed by atoms with van der Waals surface area (Å²) in [7, 11) is 0. The van der Waals surface area contributed by atoms with E-state index in [0.717, 1.165) is 51.6 Å². The van der Waals surface area contributed by atoms with Gasteiger partial charge >= 0.3 is 5.97 Å². The van der Waals surface area contributed by atoms with Gasteiger partial charge in [0.05, 0.1) is 5.56 Å².